The third-order valence-electron chi connectivity index (χ3n) is 4.26. The van der Waals surface area contributed by atoms with Crippen molar-refractivity contribution >= 4 is 11.7 Å². The molecular formula is C12H19N5O. The number of amides is 1. The van der Waals surface area contributed by atoms with E-state index in [1.165, 1.54) is 12.8 Å². The van der Waals surface area contributed by atoms with Gasteiger partial charge in [0, 0.05) is 31.2 Å². The maximum Gasteiger partial charge on any atom is 0.271 e. The van der Waals surface area contributed by atoms with E-state index in [-0.39, 0.29) is 5.91 Å². The summed E-state index contributed by atoms with van der Waals surface area (Å²) < 4.78 is 0. The van der Waals surface area contributed by atoms with Crippen molar-refractivity contribution in [3.63, 3.8) is 0 Å². The Morgan fingerprint density at radius 3 is 2.94 bits per heavy atom. The number of rotatable bonds is 1. The third kappa shape index (κ3) is 1.86. The molecule has 1 aromatic heterocycles. The zero-order valence-corrected chi connectivity index (χ0v) is 10.6. The van der Waals surface area contributed by atoms with Crippen molar-refractivity contribution in [2.75, 3.05) is 25.9 Å². The Hall–Kier alpha value is -1.56. The van der Waals surface area contributed by atoms with Gasteiger partial charge in [-0.1, -0.05) is 0 Å². The van der Waals surface area contributed by atoms with Gasteiger partial charge < -0.3 is 10.6 Å². The number of likely N-dealkylation sites (tertiary alicyclic amines) is 1. The van der Waals surface area contributed by atoms with E-state index in [9.17, 15) is 4.79 Å². The van der Waals surface area contributed by atoms with Gasteiger partial charge in [0.1, 0.15) is 11.5 Å². The number of H-pyrrole nitrogens is 1. The summed E-state index contributed by atoms with van der Waals surface area (Å²) in [6.07, 6.45) is 3.51. The Morgan fingerprint density at radius 2 is 2.22 bits per heavy atom. The number of aromatic nitrogens is 2. The zero-order chi connectivity index (χ0) is 12.7. The molecule has 2 saturated heterocycles. The number of nitrogens with zero attached hydrogens (tertiary/aromatic N) is 3. The predicted molar refractivity (Wildman–Crippen MR) is 68.1 cm³/mol. The predicted octanol–water partition coefficient (Wildman–Crippen LogP) is 0.301. The molecule has 0 radical (unpaired) electrons. The first-order valence-electron chi connectivity index (χ1n) is 6.47. The second-order valence-corrected chi connectivity index (χ2v) is 5.30. The molecule has 0 aliphatic carbocycles. The van der Waals surface area contributed by atoms with Crippen LogP contribution in [0.2, 0.25) is 0 Å². The van der Waals surface area contributed by atoms with Crippen LogP contribution in [0.25, 0.3) is 0 Å². The summed E-state index contributed by atoms with van der Waals surface area (Å²) in [7, 11) is 2.17. The van der Waals surface area contributed by atoms with Gasteiger partial charge in [0.25, 0.3) is 5.91 Å². The first kappa shape index (κ1) is 11.5. The molecule has 1 aromatic rings. The van der Waals surface area contributed by atoms with Crippen molar-refractivity contribution in [3.05, 3.63) is 11.8 Å². The number of carbonyl (C=O) groups excluding carboxylic acids is 1. The van der Waals surface area contributed by atoms with Crippen LogP contribution < -0.4 is 5.73 Å². The van der Waals surface area contributed by atoms with Crippen LogP contribution in [0.3, 0.4) is 0 Å². The number of hydrogen-bond acceptors (Lipinski definition) is 4. The average Bonchev–Trinajstić information content (AvgIpc) is 2.84. The monoisotopic (exact) mass is 249 g/mol. The molecule has 18 heavy (non-hydrogen) atoms. The number of fused-ring (bicyclic) bond motifs is 2. The minimum Gasteiger partial charge on any atom is -0.382 e. The number of nitrogens with two attached hydrogens (primary N) is 1. The molecule has 1 amide bonds. The number of nitrogens with one attached hydrogen (secondary N) is 1. The highest BCUT2D eigenvalue weighted by atomic mass is 16.2. The fourth-order valence-corrected chi connectivity index (χ4v) is 3.11. The zero-order valence-electron chi connectivity index (χ0n) is 10.6. The smallest absolute Gasteiger partial charge is 0.271 e. The Morgan fingerprint density at radius 1 is 1.44 bits per heavy atom. The first-order valence-corrected chi connectivity index (χ1v) is 6.47. The van der Waals surface area contributed by atoms with E-state index < -0.39 is 0 Å². The molecule has 0 saturated carbocycles. The normalized spacial score (nSPS) is 28.4. The lowest BCUT2D eigenvalue weighted by atomic mass is 10.1. The van der Waals surface area contributed by atoms with Crippen LogP contribution in [-0.4, -0.2) is 58.1 Å². The Balaban J connectivity index is 1.75. The van der Waals surface area contributed by atoms with Gasteiger partial charge in [0.15, 0.2) is 0 Å². The molecule has 2 aliphatic rings. The highest BCUT2D eigenvalue weighted by Crippen LogP contribution is 2.28. The van der Waals surface area contributed by atoms with Gasteiger partial charge in [-0.2, -0.15) is 5.10 Å². The van der Waals surface area contributed by atoms with Crippen molar-refractivity contribution in [2.24, 2.45) is 0 Å². The van der Waals surface area contributed by atoms with Gasteiger partial charge in [-0.15, -0.1) is 0 Å². The standard InChI is InChI=1S/C12H19N5O/c1-16-8-2-3-9(16)7-17(5-4-8)12(18)10-6-11(13)15-14-10/h6,8-9H,2-5,7H2,1H3,(H3,13,14,15). The number of likely N-dealkylation sites (N-methyl/N-ethyl adjacent to an activating group) is 1. The summed E-state index contributed by atoms with van der Waals surface area (Å²) in [5.41, 5.74) is 6.03. The lowest BCUT2D eigenvalue weighted by Crippen LogP contribution is -2.39. The first-order chi connectivity index (χ1) is 8.65. The molecule has 2 aliphatic heterocycles. The molecule has 3 rings (SSSR count). The van der Waals surface area contributed by atoms with Crippen LogP contribution in [0.5, 0.6) is 0 Å². The van der Waals surface area contributed by atoms with Crippen molar-refractivity contribution < 1.29 is 4.79 Å². The number of aromatic amines is 1. The van der Waals surface area contributed by atoms with Gasteiger partial charge in [-0.05, 0) is 26.3 Å². The van der Waals surface area contributed by atoms with E-state index in [2.05, 4.69) is 22.1 Å². The van der Waals surface area contributed by atoms with Crippen LogP contribution in [0.1, 0.15) is 29.8 Å². The maximum atomic E-state index is 12.3. The van der Waals surface area contributed by atoms with Gasteiger partial charge in [-0.25, -0.2) is 0 Å². The summed E-state index contributed by atoms with van der Waals surface area (Å²) in [5.74, 6) is 0.381. The quantitative estimate of drug-likeness (QED) is 0.750. The van der Waals surface area contributed by atoms with Gasteiger partial charge >= 0.3 is 0 Å². The summed E-state index contributed by atoms with van der Waals surface area (Å²) >= 11 is 0. The third-order valence-corrected chi connectivity index (χ3v) is 4.26. The number of carbonyl (C=O) groups is 1. The van der Waals surface area contributed by atoms with Gasteiger partial charge in [-0.3, -0.25) is 14.8 Å². The molecule has 3 heterocycles. The van der Waals surface area contributed by atoms with E-state index >= 15 is 0 Å². The van der Waals surface area contributed by atoms with Crippen molar-refractivity contribution in [2.45, 2.75) is 31.3 Å². The number of anilines is 1. The lowest BCUT2D eigenvalue weighted by Gasteiger charge is -2.25. The molecule has 2 unspecified atom stereocenters. The molecular weight excluding hydrogens is 230 g/mol. The number of nitrogen functional groups attached to an aromatic ring is 1. The summed E-state index contributed by atoms with van der Waals surface area (Å²) in [6, 6.07) is 2.75. The summed E-state index contributed by atoms with van der Waals surface area (Å²) in [4.78, 5) is 16.7. The Kier molecular flexibility index (Phi) is 2.74. The fraction of sp³-hybridized carbons (Fsp3) is 0.667. The van der Waals surface area contributed by atoms with Crippen LogP contribution in [-0.2, 0) is 0 Å². The van der Waals surface area contributed by atoms with E-state index in [1.54, 1.807) is 6.07 Å². The molecule has 2 fully saturated rings. The Bertz CT molecular complexity index is 457. The SMILES string of the molecule is CN1C2CCC1CN(C(=O)c1cc(N)n[nH]1)CC2. The molecule has 0 spiro atoms. The Labute approximate surface area is 106 Å². The second-order valence-electron chi connectivity index (χ2n) is 5.30. The molecule has 6 heteroatoms. The summed E-state index contributed by atoms with van der Waals surface area (Å²) in [5, 5.41) is 6.51. The average molecular weight is 249 g/mol. The van der Waals surface area contributed by atoms with Crippen LogP contribution in [0.15, 0.2) is 6.07 Å². The lowest BCUT2D eigenvalue weighted by molar-refractivity contribution is 0.0734. The fourth-order valence-electron chi connectivity index (χ4n) is 3.11. The van der Waals surface area contributed by atoms with Crippen molar-refractivity contribution in [1.82, 2.24) is 20.0 Å². The minimum atomic E-state index is 0.0140. The van der Waals surface area contributed by atoms with Crippen LogP contribution >= 0.6 is 0 Å². The van der Waals surface area contributed by atoms with Gasteiger partial charge in [0.05, 0.1) is 0 Å². The van der Waals surface area contributed by atoms with Gasteiger partial charge in [0.2, 0.25) is 0 Å². The summed E-state index contributed by atoms with van der Waals surface area (Å²) in [6.45, 7) is 1.63. The topological polar surface area (TPSA) is 78.2 Å². The maximum absolute atomic E-state index is 12.3. The highest BCUT2D eigenvalue weighted by molar-refractivity contribution is 5.93. The molecule has 2 bridgehead atoms. The number of hydrogen-bond donors (Lipinski definition) is 2. The van der Waals surface area contributed by atoms with E-state index in [0.29, 0.717) is 23.6 Å². The van der Waals surface area contributed by atoms with E-state index in [1.807, 2.05) is 4.90 Å². The highest BCUT2D eigenvalue weighted by Gasteiger charge is 2.36. The van der Waals surface area contributed by atoms with Crippen LogP contribution in [0, 0.1) is 0 Å². The van der Waals surface area contributed by atoms with E-state index in [4.69, 9.17) is 5.73 Å². The molecule has 0 aromatic carbocycles. The molecule has 2 atom stereocenters. The van der Waals surface area contributed by atoms with Crippen molar-refractivity contribution in [1.29, 1.82) is 0 Å². The molecule has 3 N–H and O–H groups in total. The molecule has 6 nitrogen and oxygen atoms in total. The molecule has 98 valence electrons. The largest absolute Gasteiger partial charge is 0.382 e. The second kappa shape index (κ2) is 4.28. The van der Waals surface area contributed by atoms with Crippen LogP contribution in [0.4, 0.5) is 5.82 Å². The minimum absolute atomic E-state index is 0.0140. The van der Waals surface area contributed by atoms with Crippen molar-refractivity contribution in [3.8, 4) is 0 Å². The van der Waals surface area contributed by atoms with E-state index in [0.717, 1.165) is 19.5 Å².